The number of nitrogens with zero attached hydrogens (tertiary/aromatic N) is 5. The summed E-state index contributed by atoms with van der Waals surface area (Å²) in [7, 11) is 1.90. The lowest BCUT2D eigenvalue weighted by Crippen LogP contribution is -2.47. The van der Waals surface area contributed by atoms with Crippen molar-refractivity contribution < 1.29 is 23.1 Å². The van der Waals surface area contributed by atoms with Gasteiger partial charge in [-0.15, -0.1) is 0 Å². The molecule has 316 valence electrons. The molecule has 3 heterocycles. The van der Waals surface area contributed by atoms with E-state index in [9.17, 15) is 19.6 Å². The normalized spacial score (nSPS) is 22.4. The number of nitrogens with one attached hydrogen (secondary N) is 3. The van der Waals surface area contributed by atoms with Crippen LogP contribution in [0.2, 0.25) is 0 Å². The monoisotopic (exact) mass is 838 g/mol. The Balaban J connectivity index is 0.844. The molecule has 1 aromatic heterocycles. The molecule has 60 heavy (non-hydrogen) atoms. The Bertz CT molecular complexity index is 2340. The number of likely N-dealkylation sites (tertiary alicyclic amines) is 1. The lowest BCUT2D eigenvalue weighted by molar-refractivity contribution is -0.133. The molecule has 1 spiro atoms. The number of piperidine rings is 2. The lowest BCUT2D eigenvalue weighted by atomic mass is 9.66. The van der Waals surface area contributed by atoms with Crippen LogP contribution in [0.4, 0.5) is 20.2 Å². The van der Waals surface area contributed by atoms with Gasteiger partial charge in [0, 0.05) is 42.9 Å². The average molecular weight is 839 g/mol. The molecule has 3 N–H and O–H groups in total. The van der Waals surface area contributed by atoms with Gasteiger partial charge in [-0.1, -0.05) is 13.0 Å². The Labute approximate surface area is 353 Å². The molecular weight excluding hydrogens is 787 g/mol. The van der Waals surface area contributed by atoms with Crippen LogP contribution in [0, 0.1) is 28.4 Å². The predicted octanol–water partition coefficient (Wildman–Crippen LogP) is 8.41. The van der Waals surface area contributed by atoms with Crippen LogP contribution in [0.1, 0.15) is 107 Å². The fraction of sp³-hybridized carbons (Fsp3) is 0.489. The van der Waals surface area contributed by atoms with Crippen molar-refractivity contribution in [1.82, 2.24) is 24.1 Å². The highest BCUT2D eigenvalue weighted by atomic mass is 32.2. The van der Waals surface area contributed by atoms with Crippen LogP contribution in [0.3, 0.4) is 0 Å². The molecule has 8 rings (SSSR count). The van der Waals surface area contributed by atoms with Gasteiger partial charge >= 0.3 is 0 Å². The second kappa shape index (κ2) is 17.9. The Kier molecular flexibility index (Phi) is 12.4. The number of ether oxygens (including phenoxy) is 1. The van der Waals surface area contributed by atoms with E-state index in [1.165, 1.54) is 30.3 Å². The number of amides is 2. The SMILES string of the molecule is CCN(C)SNc1ccc(F)c(Oc2ccc3ncn(C4CCC5(CC4)CCN(C4CCC(c6ccc(NC7CCC(=O)NC7=O)cc6F)CC4)CC5)c(=O)c3c2)c1C#N. The summed E-state index contributed by atoms with van der Waals surface area (Å²) in [6, 6.07) is 14.9. The molecule has 2 aliphatic carbocycles. The first-order chi connectivity index (χ1) is 29.0. The topological polar surface area (TPSA) is 145 Å². The number of rotatable bonds is 11. The van der Waals surface area contributed by atoms with Gasteiger partial charge < -0.3 is 19.7 Å². The number of halogens is 2. The minimum absolute atomic E-state index is 0.0315. The highest BCUT2D eigenvalue weighted by molar-refractivity contribution is 7.98. The molecule has 4 fully saturated rings. The number of nitriles is 1. The summed E-state index contributed by atoms with van der Waals surface area (Å²) in [5, 5.41) is 15.7. The van der Waals surface area contributed by atoms with Gasteiger partial charge in [0.25, 0.3) is 5.56 Å². The van der Waals surface area contributed by atoms with Crippen molar-refractivity contribution in [3.8, 4) is 17.6 Å². The highest BCUT2D eigenvalue weighted by Gasteiger charge is 2.40. The van der Waals surface area contributed by atoms with Gasteiger partial charge in [0.1, 0.15) is 29.2 Å². The van der Waals surface area contributed by atoms with Gasteiger partial charge in [0.2, 0.25) is 11.8 Å². The van der Waals surface area contributed by atoms with Crippen LogP contribution < -0.4 is 25.7 Å². The van der Waals surface area contributed by atoms with E-state index < -0.39 is 11.9 Å². The van der Waals surface area contributed by atoms with E-state index in [0.717, 1.165) is 89.4 Å². The first-order valence-corrected chi connectivity index (χ1v) is 22.0. The molecule has 0 bridgehead atoms. The second-order valence-corrected chi connectivity index (χ2v) is 18.0. The molecule has 1 unspecified atom stereocenters. The van der Waals surface area contributed by atoms with Crippen LogP contribution in [-0.2, 0) is 9.59 Å². The average Bonchev–Trinajstić information content (AvgIpc) is 3.26. The molecule has 2 saturated carbocycles. The fourth-order valence-electron chi connectivity index (χ4n) is 9.69. The maximum Gasteiger partial charge on any atom is 0.261 e. The van der Waals surface area contributed by atoms with Crippen LogP contribution >= 0.6 is 12.1 Å². The third-order valence-corrected chi connectivity index (χ3v) is 14.3. The standard InChI is InChI=1S/C45H52F2N8O4S/c1-3-53(2)60-52-39-13-11-36(46)42(35(39)26-48)59-32-9-12-38-34(25-32)44(58)55(27-49-38)31-16-18-45(19-17-31)20-22-54(23-21-45)30-7-4-28(5-8-30)33-10-6-29(24-37(33)47)50-40-14-15-41(56)51-43(40)57/h6,9-13,24-25,27-28,30-31,40,50,52H,3-5,7-8,14-23H2,1-2H3,(H,51,56,57). The third kappa shape index (κ3) is 8.87. The van der Waals surface area contributed by atoms with E-state index in [4.69, 9.17) is 4.74 Å². The summed E-state index contributed by atoms with van der Waals surface area (Å²) in [6.07, 6.45) is 12.4. The lowest BCUT2D eigenvalue weighted by Gasteiger charge is -2.48. The number of aromatic nitrogens is 2. The minimum atomic E-state index is -0.678. The predicted molar refractivity (Wildman–Crippen MR) is 229 cm³/mol. The van der Waals surface area contributed by atoms with Crippen molar-refractivity contribution in [2.24, 2.45) is 5.41 Å². The Morgan fingerprint density at radius 2 is 1.72 bits per heavy atom. The molecule has 0 radical (unpaired) electrons. The number of hydrogen-bond acceptors (Lipinski definition) is 11. The van der Waals surface area contributed by atoms with E-state index in [-0.39, 0.29) is 64.0 Å². The maximum atomic E-state index is 15.4. The second-order valence-electron chi connectivity index (χ2n) is 16.9. The van der Waals surface area contributed by atoms with Gasteiger partial charge in [0.05, 0.1) is 22.9 Å². The summed E-state index contributed by atoms with van der Waals surface area (Å²) in [4.78, 5) is 44.8. The molecule has 4 aromatic rings. The van der Waals surface area contributed by atoms with Crippen molar-refractivity contribution >= 4 is 46.2 Å². The van der Waals surface area contributed by atoms with Crippen molar-refractivity contribution in [3.63, 3.8) is 0 Å². The number of carbonyl (C=O) groups is 2. The van der Waals surface area contributed by atoms with Crippen molar-refractivity contribution in [3.05, 3.63) is 88.0 Å². The van der Waals surface area contributed by atoms with Crippen molar-refractivity contribution in [1.29, 1.82) is 5.26 Å². The molecule has 2 amide bonds. The maximum absolute atomic E-state index is 15.4. The molecule has 12 nitrogen and oxygen atoms in total. The molecule has 3 aromatic carbocycles. The van der Waals surface area contributed by atoms with Crippen molar-refractivity contribution in [2.75, 3.05) is 36.7 Å². The number of carbonyl (C=O) groups excluding carboxylic acids is 2. The summed E-state index contributed by atoms with van der Waals surface area (Å²) in [5.74, 6) is -1.37. The van der Waals surface area contributed by atoms with Crippen molar-refractivity contribution in [2.45, 2.75) is 108 Å². The van der Waals surface area contributed by atoms with Crippen LogP contribution in [0.15, 0.2) is 59.7 Å². The highest BCUT2D eigenvalue weighted by Crippen LogP contribution is 2.48. The molecule has 2 saturated heterocycles. The molecule has 2 aliphatic heterocycles. The Hall–Kier alpha value is -5.04. The summed E-state index contributed by atoms with van der Waals surface area (Å²) in [5.41, 5.74) is 2.37. The zero-order valence-corrected chi connectivity index (χ0v) is 35.0. The molecular formula is C45H52F2N8O4S. The van der Waals surface area contributed by atoms with Crippen LogP contribution in [0.25, 0.3) is 10.9 Å². The Morgan fingerprint density at radius 1 is 0.950 bits per heavy atom. The zero-order valence-electron chi connectivity index (χ0n) is 34.1. The largest absolute Gasteiger partial charge is 0.453 e. The van der Waals surface area contributed by atoms with Gasteiger partial charge in [-0.25, -0.2) is 18.1 Å². The van der Waals surface area contributed by atoms with Gasteiger partial charge in [-0.3, -0.25) is 24.3 Å². The van der Waals surface area contributed by atoms with Gasteiger partial charge in [0.15, 0.2) is 11.6 Å². The molecule has 15 heteroatoms. The first-order valence-electron chi connectivity index (χ1n) is 21.2. The van der Waals surface area contributed by atoms with E-state index in [0.29, 0.717) is 34.7 Å². The summed E-state index contributed by atoms with van der Waals surface area (Å²) < 4.78 is 43.2. The number of benzene rings is 3. The molecule has 4 aliphatic rings. The third-order valence-electron chi connectivity index (χ3n) is 13.5. The fourth-order valence-corrected chi connectivity index (χ4v) is 10.2. The van der Waals surface area contributed by atoms with Crippen LogP contribution in [-0.4, -0.2) is 69.3 Å². The number of fused-ring (bicyclic) bond motifs is 1. The number of imide groups is 1. The van der Waals surface area contributed by atoms with Gasteiger partial charge in [-0.2, -0.15) is 5.26 Å². The van der Waals surface area contributed by atoms with E-state index in [2.05, 4.69) is 31.3 Å². The quantitative estimate of drug-likeness (QED) is 0.0990. The van der Waals surface area contributed by atoms with E-state index in [1.54, 1.807) is 29.1 Å². The summed E-state index contributed by atoms with van der Waals surface area (Å²) >= 11 is 1.29. The van der Waals surface area contributed by atoms with Gasteiger partial charge in [-0.05, 0) is 150 Å². The minimum Gasteiger partial charge on any atom is -0.453 e. The zero-order chi connectivity index (χ0) is 42.0. The summed E-state index contributed by atoms with van der Waals surface area (Å²) in [6.45, 7) is 4.86. The van der Waals surface area contributed by atoms with E-state index >= 15 is 8.78 Å². The van der Waals surface area contributed by atoms with Crippen LogP contribution in [0.5, 0.6) is 11.5 Å². The van der Waals surface area contributed by atoms with E-state index in [1.807, 2.05) is 30.4 Å². The molecule has 1 atom stereocenters. The smallest absolute Gasteiger partial charge is 0.261 e. The number of anilines is 2. The Morgan fingerprint density at radius 3 is 2.42 bits per heavy atom. The first kappa shape index (κ1) is 41.7. The number of hydrogen-bond donors (Lipinski definition) is 3.